The van der Waals surface area contributed by atoms with E-state index in [9.17, 15) is 9.90 Å². The summed E-state index contributed by atoms with van der Waals surface area (Å²) in [6, 6.07) is 5.32. The maximum Gasteiger partial charge on any atom is 0.276 e. The normalized spacial score (nSPS) is 22.6. The number of benzene rings is 1. The first-order valence-corrected chi connectivity index (χ1v) is 14.6. The van der Waals surface area contributed by atoms with Gasteiger partial charge in [0.2, 0.25) is 0 Å². The van der Waals surface area contributed by atoms with Crippen LogP contribution in [0.3, 0.4) is 0 Å². The molecule has 1 aromatic heterocycles. The van der Waals surface area contributed by atoms with Crippen LogP contribution in [0.25, 0.3) is 11.3 Å². The summed E-state index contributed by atoms with van der Waals surface area (Å²) in [4.78, 5) is 27.4. The topological polar surface area (TPSA) is 131 Å². The number of anilines is 1. The van der Waals surface area contributed by atoms with Gasteiger partial charge in [-0.25, -0.2) is 9.97 Å². The van der Waals surface area contributed by atoms with E-state index in [1.54, 1.807) is 17.0 Å². The molecule has 4 heterocycles. The predicted octanol–water partition coefficient (Wildman–Crippen LogP) is 3.51. The van der Waals surface area contributed by atoms with Gasteiger partial charge in [-0.05, 0) is 57.4 Å². The van der Waals surface area contributed by atoms with Gasteiger partial charge >= 0.3 is 0 Å². The molecule has 0 radical (unpaired) electrons. The number of likely N-dealkylation sites (tertiary alicyclic amines) is 1. The Bertz CT molecular complexity index is 1280. The van der Waals surface area contributed by atoms with E-state index in [2.05, 4.69) is 4.90 Å². The molecule has 1 aliphatic carbocycles. The molecule has 3 aliphatic heterocycles. The molecule has 0 unspecified atom stereocenters. The lowest BCUT2D eigenvalue weighted by Crippen LogP contribution is -2.83. The molecule has 39 heavy (non-hydrogen) atoms. The standard InChI is InChI=1S/C28H36Cl2N6O3/c1-17-22(19-7-3-8-20(29)21(19)30)34-23(24(33-17)35-12-10-26(11-13-35)9-4-14-39-26)25(37)36-15-27(38,16-36)28(31,32)18-5-2-6-18/h3,7-8,18,38H,2,4-6,9-16,31-32H2,1H3. The van der Waals surface area contributed by atoms with E-state index >= 15 is 0 Å². The lowest BCUT2D eigenvalue weighted by Gasteiger charge is -2.57. The SMILES string of the molecule is Cc1nc(N2CCC3(CCCO3)CC2)c(C(=O)N2CC(O)(C(N)(N)C3CCC3)C2)nc1-c1cccc(Cl)c1Cl. The average molecular weight is 576 g/mol. The lowest BCUT2D eigenvalue weighted by molar-refractivity contribution is -0.153. The molecular weight excluding hydrogens is 539 g/mol. The van der Waals surface area contributed by atoms with Crippen molar-refractivity contribution in [2.24, 2.45) is 17.4 Å². The van der Waals surface area contributed by atoms with Gasteiger partial charge in [-0.3, -0.25) is 4.79 Å². The number of hydrogen-bond donors (Lipinski definition) is 3. The van der Waals surface area contributed by atoms with E-state index in [4.69, 9.17) is 49.4 Å². The van der Waals surface area contributed by atoms with Crippen LogP contribution >= 0.6 is 23.2 Å². The third kappa shape index (κ3) is 4.51. The molecule has 4 fully saturated rings. The second-order valence-electron chi connectivity index (χ2n) is 11.8. The lowest BCUT2D eigenvalue weighted by atomic mass is 9.66. The number of carbonyl (C=O) groups is 1. The number of ether oxygens (including phenoxy) is 1. The number of rotatable bonds is 5. The molecule has 4 aliphatic rings. The zero-order valence-electron chi connectivity index (χ0n) is 22.3. The van der Waals surface area contributed by atoms with Crippen LogP contribution in [0.4, 0.5) is 5.82 Å². The van der Waals surface area contributed by atoms with Crippen LogP contribution < -0.4 is 16.4 Å². The summed E-state index contributed by atoms with van der Waals surface area (Å²) in [5.74, 6) is 0.265. The number of hydrogen-bond acceptors (Lipinski definition) is 8. The molecule has 0 bridgehead atoms. The van der Waals surface area contributed by atoms with Crippen molar-refractivity contribution in [1.29, 1.82) is 0 Å². The quantitative estimate of drug-likeness (QED) is 0.462. The third-order valence-electron chi connectivity index (χ3n) is 9.40. The van der Waals surface area contributed by atoms with Gasteiger partial charge < -0.3 is 31.1 Å². The Kier molecular flexibility index (Phi) is 6.84. The number of piperidine rings is 1. The minimum absolute atomic E-state index is 0.0459. The van der Waals surface area contributed by atoms with Gasteiger partial charge in [0.15, 0.2) is 11.5 Å². The zero-order chi connectivity index (χ0) is 27.6. The van der Waals surface area contributed by atoms with Gasteiger partial charge in [-0.1, -0.05) is 41.8 Å². The monoisotopic (exact) mass is 574 g/mol. The summed E-state index contributed by atoms with van der Waals surface area (Å²) >= 11 is 12.8. The molecular formula is C28H36Cl2N6O3. The molecule has 1 spiro atoms. The summed E-state index contributed by atoms with van der Waals surface area (Å²) in [6.07, 6.45) is 6.73. The van der Waals surface area contributed by atoms with Crippen LogP contribution in [0.15, 0.2) is 18.2 Å². The Balaban J connectivity index is 1.33. The predicted molar refractivity (Wildman–Crippen MR) is 151 cm³/mol. The fourth-order valence-electron chi connectivity index (χ4n) is 6.51. The van der Waals surface area contributed by atoms with E-state index in [1.807, 2.05) is 13.0 Å². The molecule has 3 saturated heterocycles. The Labute approximate surface area is 238 Å². The van der Waals surface area contributed by atoms with Crippen LogP contribution in [0.1, 0.15) is 61.1 Å². The number of nitrogens with zero attached hydrogens (tertiary/aromatic N) is 4. The van der Waals surface area contributed by atoms with Crippen molar-refractivity contribution < 1.29 is 14.6 Å². The van der Waals surface area contributed by atoms with Crippen molar-refractivity contribution >= 4 is 34.9 Å². The Morgan fingerprint density at radius 3 is 2.46 bits per heavy atom. The largest absolute Gasteiger partial charge is 0.383 e. The molecule has 210 valence electrons. The van der Waals surface area contributed by atoms with E-state index in [1.165, 1.54) is 0 Å². The number of aliphatic hydroxyl groups is 1. The number of halogens is 2. The van der Waals surface area contributed by atoms with Crippen LogP contribution in [0.5, 0.6) is 0 Å². The fourth-order valence-corrected chi connectivity index (χ4v) is 6.90. The second-order valence-corrected chi connectivity index (χ2v) is 12.6. The van der Waals surface area contributed by atoms with E-state index < -0.39 is 11.3 Å². The Morgan fingerprint density at radius 2 is 1.85 bits per heavy atom. The zero-order valence-corrected chi connectivity index (χ0v) is 23.8. The summed E-state index contributed by atoms with van der Waals surface area (Å²) in [7, 11) is 0. The highest BCUT2D eigenvalue weighted by molar-refractivity contribution is 6.43. The van der Waals surface area contributed by atoms with Crippen LogP contribution in [0, 0.1) is 12.8 Å². The maximum absolute atomic E-state index is 14.0. The number of amides is 1. The molecule has 1 aromatic carbocycles. The minimum atomic E-state index is -1.34. The summed E-state index contributed by atoms with van der Waals surface area (Å²) < 4.78 is 6.10. The highest BCUT2D eigenvalue weighted by Crippen LogP contribution is 2.43. The first-order valence-electron chi connectivity index (χ1n) is 13.8. The Hall–Kier alpha value is -2.01. The molecule has 2 aromatic rings. The molecule has 5 N–H and O–H groups in total. The van der Waals surface area contributed by atoms with E-state index in [-0.39, 0.29) is 36.2 Å². The van der Waals surface area contributed by atoms with Gasteiger partial charge in [0.1, 0.15) is 5.60 Å². The van der Waals surface area contributed by atoms with Gasteiger partial charge in [0.25, 0.3) is 5.91 Å². The van der Waals surface area contributed by atoms with E-state index in [0.29, 0.717) is 45.9 Å². The van der Waals surface area contributed by atoms with Crippen molar-refractivity contribution in [3.05, 3.63) is 39.6 Å². The van der Waals surface area contributed by atoms with Crippen molar-refractivity contribution in [3.8, 4) is 11.3 Å². The minimum Gasteiger partial charge on any atom is -0.383 e. The van der Waals surface area contributed by atoms with Gasteiger partial charge in [-0.2, -0.15) is 0 Å². The molecule has 1 saturated carbocycles. The second kappa shape index (κ2) is 9.82. The average Bonchev–Trinajstić information content (AvgIpc) is 3.30. The maximum atomic E-state index is 14.0. The van der Waals surface area contributed by atoms with Crippen molar-refractivity contribution in [3.63, 3.8) is 0 Å². The van der Waals surface area contributed by atoms with Crippen LogP contribution in [0.2, 0.25) is 10.0 Å². The highest BCUT2D eigenvalue weighted by atomic mass is 35.5. The van der Waals surface area contributed by atoms with Crippen molar-refractivity contribution in [2.75, 3.05) is 37.7 Å². The van der Waals surface area contributed by atoms with Gasteiger partial charge in [0.05, 0.1) is 45.8 Å². The first kappa shape index (κ1) is 27.2. The Morgan fingerprint density at radius 1 is 1.13 bits per heavy atom. The molecule has 6 rings (SSSR count). The number of carbonyl (C=O) groups excluding carboxylic acids is 1. The summed E-state index contributed by atoms with van der Waals surface area (Å²) in [5.41, 5.74) is 12.2. The smallest absolute Gasteiger partial charge is 0.276 e. The summed E-state index contributed by atoms with van der Waals surface area (Å²) in [6.45, 7) is 4.20. The third-order valence-corrected chi connectivity index (χ3v) is 10.2. The number of aryl methyl sites for hydroxylation is 1. The number of β-amino-alcohol motifs (C(OH)–C–C–N with tert-alkyl or cyclic N) is 1. The van der Waals surface area contributed by atoms with Crippen LogP contribution in [-0.4, -0.2) is 75.5 Å². The van der Waals surface area contributed by atoms with Crippen molar-refractivity contribution in [1.82, 2.24) is 14.9 Å². The molecule has 0 atom stereocenters. The number of aromatic nitrogens is 2. The fraction of sp³-hybridized carbons (Fsp3) is 0.607. The molecule has 9 nitrogen and oxygen atoms in total. The molecule has 1 amide bonds. The first-order chi connectivity index (χ1) is 18.5. The van der Waals surface area contributed by atoms with Crippen molar-refractivity contribution in [2.45, 2.75) is 68.7 Å². The van der Waals surface area contributed by atoms with Gasteiger partial charge in [-0.15, -0.1) is 0 Å². The van der Waals surface area contributed by atoms with Gasteiger partial charge in [0, 0.05) is 25.3 Å². The van der Waals surface area contributed by atoms with Crippen LogP contribution in [-0.2, 0) is 4.74 Å². The summed E-state index contributed by atoms with van der Waals surface area (Å²) in [5, 5.41) is 12.0. The molecule has 11 heteroatoms. The van der Waals surface area contributed by atoms with E-state index in [0.717, 1.165) is 51.6 Å². The highest BCUT2D eigenvalue weighted by Gasteiger charge is 2.59. The number of nitrogens with two attached hydrogens (primary N) is 2.